The molecule has 0 saturated carbocycles. The zero-order valence-electron chi connectivity index (χ0n) is 12.6. The summed E-state index contributed by atoms with van der Waals surface area (Å²) in [6, 6.07) is 7.81. The van der Waals surface area contributed by atoms with Crippen LogP contribution in [-0.2, 0) is 10.9 Å². The van der Waals surface area contributed by atoms with Gasteiger partial charge in [-0.05, 0) is 29.8 Å². The van der Waals surface area contributed by atoms with Crippen LogP contribution in [0.2, 0.25) is 0 Å². The zero-order valence-corrected chi connectivity index (χ0v) is 12.6. The molecule has 0 fully saturated rings. The van der Waals surface area contributed by atoms with Gasteiger partial charge in [-0.15, -0.1) is 0 Å². The highest BCUT2D eigenvalue weighted by Crippen LogP contribution is 2.29. The number of halogens is 5. The Kier molecular flexibility index (Phi) is 4.52. The maximum atomic E-state index is 13.7. The van der Waals surface area contributed by atoms with E-state index in [9.17, 15) is 22.0 Å². The lowest BCUT2D eigenvalue weighted by Gasteiger charge is -2.05. The summed E-state index contributed by atoms with van der Waals surface area (Å²) in [4.78, 5) is 8.05. The number of rotatable bonds is 3. The van der Waals surface area contributed by atoms with Gasteiger partial charge in [-0.2, -0.15) is 13.2 Å². The van der Waals surface area contributed by atoms with Crippen molar-refractivity contribution in [3.63, 3.8) is 0 Å². The summed E-state index contributed by atoms with van der Waals surface area (Å²) in [6.45, 7) is -0.0136. The van der Waals surface area contributed by atoms with Crippen molar-refractivity contribution in [3.8, 4) is 0 Å². The van der Waals surface area contributed by atoms with Crippen molar-refractivity contribution < 1.29 is 26.7 Å². The van der Waals surface area contributed by atoms with Gasteiger partial charge in [0.15, 0.2) is 6.17 Å². The molecule has 1 aliphatic rings. The summed E-state index contributed by atoms with van der Waals surface area (Å²) in [5.41, 5.74) is -0.687. The van der Waals surface area contributed by atoms with Crippen LogP contribution in [0.4, 0.5) is 22.0 Å². The van der Waals surface area contributed by atoms with E-state index >= 15 is 0 Å². The minimum atomic E-state index is -4.40. The van der Waals surface area contributed by atoms with Crippen LogP contribution in [0.5, 0.6) is 0 Å². The second-order valence-electron chi connectivity index (χ2n) is 5.22. The summed E-state index contributed by atoms with van der Waals surface area (Å²) in [5.74, 6) is -1.79. The molecule has 8 heteroatoms. The Morgan fingerprint density at radius 1 is 1.04 bits per heavy atom. The van der Waals surface area contributed by atoms with Crippen molar-refractivity contribution in [3.05, 3.63) is 70.8 Å². The Morgan fingerprint density at radius 2 is 1.68 bits per heavy atom. The second-order valence-corrected chi connectivity index (χ2v) is 5.22. The molecule has 25 heavy (non-hydrogen) atoms. The van der Waals surface area contributed by atoms with Crippen LogP contribution in [0.1, 0.15) is 16.7 Å². The first-order chi connectivity index (χ1) is 11.8. The topological polar surface area (TPSA) is 34.0 Å². The molecule has 1 atom stereocenters. The van der Waals surface area contributed by atoms with Crippen molar-refractivity contribution in [2.45, 2.75) is 12.3 Å². The lowest BCUT2D eigenvalue weighted by molar-refractivity contribution is -0.137. The summed E-state index contributed by atoms with van der Waals surface area (Å²) >= 11 is 0. The Bertz CT molecular complexity index is 808. The molecule has 2 aromatic carbocycles. The van der Waals surface area contributed by atoms with E-state index in [1.807, 2.05) is 0 Å². The Labute approximate surface area is 139 Å². The fraction of sp³-hybridized carbons (Fsp3) is 0.176. The summed E-state index contributed by atoms with van der Waals surface area (Å²) in [5, 5.41) is 0. The van der Waals surface area contributed by atoms with Crippen molar-refractivity contribution in [2.24, 2.45) is 9.98 Å². The fourth-order valence-corrected chi connectivity index (χ4v) is 2.21. The third-order valence-electron chi connectivity index (χ3n) is 3.45. The van der Waals surface area contributed by atoms with Crippen LogP contribution < -0.4 is 0 Å². The number of nitrogens with zero attached hydrogens (tertiary/aromatic N) is 2. The summed E-state index contributed by atoms with van der Waals surface area (Å²) < 4.78 is 70.0. The van der Waals surface area contributed by atoms with Crippen molar-refractivity contribution >= 4 is 12.1 Å². The van der Waals surface area contributed by atoms with Gasteiger partial charge in [0.25, 0.3) is 0 Å². The second kappa shape index (κ2) is 6.62. The Balaban J connectivity index is 1.74. The molecular formula is C17H11F5N2O. The SMILES string of the molecule is Fc1cccc(F)c1C1=NC(/N=C\c2ccc(C(F)(F)F)cc2)CO1. The molecule has 0 radical (unpaired) electrons. The van der Waals surface area contributed by atoms with E-state index in [2.05, 4.69) is 9.98 Å². The highest BCUT2D eigenvalue weighted by Gasteiger charge is 2.30. The van der Waals surface area contributed by atoms with E-state index in [1.54, 1.807) is 0 Å². The van der Waals surface area contributed by atoms with Gasteiger partial charge in [0, 0.05) is 6.21 Å². The average molecular weight is 354 g/mol. The lowest BCUT2D eigenvalue weighted by Crippen LogP contribution is -2.07. The van der Waals surface area contributed by atoms with Gasteiger partial charge in [-0.1, -0.05) is 18.2 Å². The quantitative estimate of drug-likeness (QED) is 0.601. The molecule has 0 aromatic heterocycles. The number of benzene rings is 2. The standard InChI is InChI=1S/C17H11F5N2O/c18-12-2-1-3-13(19)15(12)16-24-14(9-25-16)23-8-10-4-6-11(7-5-10)17(20,21)22/h1-8,14H,9H2/b23-8-. The van der Waals surface area contributed by atoms with Crippen LogP contribution in [0.25, 0.3) is 0 Å². The fourth-order valence-electron chi connectivity index (χ4n) is 2.21. The molecule has 3 rings (SSSR count). The van der Waals surface area contributed by atoms with Crippen LogP contribution in [-0.4, -0.2) is 24.9 Å². The molecule has 3 nitrogen and oxygen atoms in total. The maximum absolute atomic E-state index is 13.7. The highest BCUT2D eigenvalue weighted by molar-refractivity contribution is 5.95. The van der Waals surface area contributed by atoms with Crippen molar-refractivity contribution in [2.75, 3.05) is 6.61 Å². The first-order valence-corrected chi connectivity index (χ1v) is 7.20. The average Bonchev–Trinajstić information content (AvgIpc) is 3.01. The Hall–Kier alpha value is -2.77. The first kappa shape index (κ1) is 17.1. The van der Waals surface area contributed by atoms with Crippen LogP contribution in [0.15, 0.2) is 52.4 Å². The monoisotopic (exact) mass is 354 g/mol. The number of hydrogen-bond acceptors (Lipinski definition) is 3. The zero-order chi connectivity index (χ0) is 18.0. The third kappa shape index (κ3) is 3.84. The first-order valence-electron chi connectivity index (χ1n) is 7.20. The number of alkyl halides is 3. The van der Waals surface area contributed by atoms with Crippen LogP contribution in [0.3, 0.4) is 0 Å². The molecular weight excluding hydrogens is 343 g/mol. The number of aliphatic imine (C=N–C) groups is 2. The van der Waals surface area contributed by atoms with Gasteiger partial charge < -0.3 is 4.74 Å². The van der Waals surface area contributed by atoms with Crippen LogP contribution in [0, 0.1) is 11.6 Å². The molecule has 2 aromatic rings. The van der Waals surface area contributed by atoms with Gasteiger partial charge in [-0.3, -0.25) is 4.99 Å². The smallest absolute Gasteiger partial charge is 0.416 e. The van der Waals surface area contributed by atoms with Crippen molar-refractivity contribution in [1.82, 2.24) is 0 Å². The van der Waals surface area contributed by atoms with Gasteiger partial charge in [0.05, 0.1) is 5.56 Å². The molecule has 1 unspecified atom stereocenters. The lowest BCUT2D eigenvalue weighted by atomic mass is 10.1. The predicted octanol–water partition coefficient (Wildman–Crippen LogP) is 4.21. The van der Waals surface area contributed by atoms with Gasteiger partial charge in [0.1, 0.15) is 23.8 Å². The maximum Gasteiger partial charge on any atom is 0.416 e. The normalized spacial score (nSPS) is 17.6. The van der Waals surface area contributed by atoms with Crippen LogP contribution >= 0.6 is 0 Å². The molecule has 0 bridgehead atoms. The molecule has 0 spiro atoms. The highest BCUT2D eigenvalue weighted by atomic mass is 19.4. The van der Waals surface area contributed by atoms with Gasteiger partial charge in [-0.25, -0.2) is 13.8 Å². The minimum absolute atomic E-state index is 0.0136. The minimum Gasteiger partial charge on any atom is -0.473 e. The molecule has 0 saturated heterocycles. The molecule has 0 N–H and O–H groups in total. The van der Waals surface area contributed by atoms with E-state index in [0.717, 1.165) is 24.3 Å². The van der Waals surface area contributed by atoms with E-state index in [-0.39, 0.29) is 18.1 Å². The number of hydrogen-bond donors (Lipinski definition) is 0. The summed E-state index contributed by atoms with van der Waals surface area (Å²) in [6.07, 6.45) is -3.80. The summed E-state index contributed by atoms with van der Waals surface area (Å²) in [7, 11) is 0. The molecule has 0 aliphatic carbocycles. The van der Waals surface area contributed by atoms with E-state index in [4.69, 9.17) is 4.74 Å². The predicted molar refractivity (Wildman–Crippen MR) is 81.7 cm³/mol. The van der Waals surface area contributed by atoms with Gasteiger partial charge in [0.2, 0.25) is 5.90 Å². The van der Waals surface area contributed by atoms with Crippen molar-refractivity contribution in [1.29, 1.82) is 0 Å². The third-order valence-corrected chi connectivity index (χ3v) is 3.45. The Morgan fingerprint density at radius 3 is 2.28 bits per heavy atom. The van der Waals surface area contributed by atoms with Gasteiger partial charge >= 0.3 is 6.18 Å². The van der Waals surface area contributed by atoms with E-state index in [0.29, 0.717) is 5.56 Å². The number of ether oxygens (including phenoxy) is 1. The molecule has 1 heterocycles. The van der Waals surface area contributed by atoms with E-state index < -0.39 is 29.5 Å². The molecule has 1 aliphatic heterocycles. The van der Waals surface area contributed by atoms with E-state index in [1.165, 1.54) is 24.4 Å². The molecule has 0 amide bonds. The largest absolute Gasteiger partial charge is 0.473 e. The molecule has 130 valence electrons.